The van der Waals surface area contributed by atoms with Crippen molar-refractivity contribution in [1.82, 2.24) is 10.2 Å². The van der Waals surface area contributed by atoms with E-state index in [4.69, 9.17) is 9.84 Å². The van der Waals surface area contributed by atoms with Crippen molar-refractivity contribution in [3.05, 3.63) is 0 Å². The number of carbonyl (C=O) groups is 2. The number of hydrogen-bond donors (Lipinski definition) is 2. The minimum atomic E-state index is -0.822. The van der Waals surface area contributed by atoms with Gasteiger partial charge in [0.25, 0.3) is 0 Å². The molecule has 1 unspecified atom stereocenters. The van der Waals surface area contributed by atoms with Crippen molar-refractivity contribution in [2.45, 2.75) is 26.7 Å². The summed E-state index contributed by atoms with van der Waals surface area (Å²) in [6.45, 7) is 6.01. The number of carboxylic acids is 1. The van der Waals surface area contributed by atoms with Crippen molar-refractivity contribution in [1.29, 1.82) is 0 Å². The largest absolute Gasteiger partial charge is 0.481 e. The zero-order chi connectivity index (χ0) is 14.5. The molecule has 1 saturated heterocycles. The third kappa shape index (κ3) is 5.06. The normalized spacial score (nSPS) is 20.2. The second kappa shape index (κ2) is 6.75. The van der Waals surface area contributed by atoms with Crippen molar-refractivity contribution >= 4 is 12.0 Å². The third-order valence-electron chi connectivity index (χ3n) is 3.31. The quantitative estimate of drug-likeness (QED) is 0.787. The van der Waals surface area contributed by atoms with Crippen molar-refractivity contribution in [3.63, 3.8) is 0 Å². The molecule has 0 saturated carbocycles. The van der Waals surface area contributed by atoms with Crippen LogP contribution in [0.5, 0.6) is 0 Å². The molecular weight excluding hydrogens is 248 g/mol. The van der Waals surface area contributed by atoms with Crippen molar-refractivity contribution in [2.75, 3.05) is 33.4 Å². The summed E-state index contributed by atoms with van der Waals surface area (Å²) in [4.78, 5) is 24.5. The molecule has 19 heavy (non-hydrogen) atoms. The van der Waals surface area contributed by atoms with Crippen LogP contribution < -0.4 is 5.32 Å². The number of carbonyl (C=O) groups excluding carboxylic acids is 1. The number of aliphatic carboxylic acids is 1. The summed E-state index contributed by atoms with van der Waals surface area (Å²) in [5, 5.41) is 11.8. The number of methoxy groups -OCH3 is 1. The fourth-order valence-corrected chi connectivity index (χ4v) is 2.23. The zero-order valence-corrected chi connectivity index (χ0v) is 11.9. The molecular formula is C13H24N2O4. The first-order valence-corrected chi connectivity index (χ1v) is 6.60. The van der Waals surface area contributed by atoms with Gasteiger partial charge in [0.05, 0.1) is 12.5 Å². The van der Waals surface area contributed by atoms with Crippen LogP contribution in [0.3, 0.4) is 0 Å². The standard InChI is InChI=1S/C13H24N2O4/c1-13(2,9-19-3)8-14-12(18)15-6-4-5-10(7-15)11(16)17/h10H,4-9H2,1-3H3,(H,14,18)(H,16,17). The zero-order valence-electron chi connectivity index (χ0n) is 11.9. The first-order chi connectivity index (χ1) is 8.85. The minimum Gasteiger partial charge on any atom is -0.481 e. The number of nitrogens with zero attached hydrogens (tertiary/aromatic N) is 1. The van der Waals surface area contributed by atoms with Crippen LogP contribution in [0.15, 0.2) is 0 Å². The molecule has 6 heteroatoms. The number of piperidine rings is 1. The number of ether oxygens (including phenoxy) is 1. The maximum Gasteiger partial charge on any atom is 0.317 e. The van der Waals surface area contributed by atoms with Crippen LogP contribution in [-0.2, 0) is 9.53 Å². The van der Waals surface area contributed by atoms with Crippen LogP contribution in [0.1, 0.15) is 26.7 Å². The SMILES string of the molecule is COCC(C)(C)CNC(=O)N1CCCC(C(=O)O)C1. The highest BCUT2D eigenvalue weighted by molar-refractivity contribution is 5.76. The second-order valence-electron chi connectivity index (χ2n) is 5.88. The van der Waals surface area contributed by atoms with E-state index >= 15 is 0 Å². The maximum absolute atomic E-state index is 12.0. The molecule has 1 rings (SSSR count). The molecule has 110 valence electrons. The highest BCUT2D eigenvalue weighted by Gasteiger charge is 2.28. The average molecular weight is 272 g/mol. The van der Waals surface area contributed by atoms with Crippen LogP contribution in [-0.4, -0.2) is 55.4 Å². The third-order valence-corrected chi connectivity index (χ3v) is 3.31. The van der Waals surface area contributed by atoms with Gasteiger partial charge in [0.1, 0.15) is 0 Å². The van der Waals surface area contributed by atoms with E-state index in [1.165, 1.54) is 0 Å². The highest BCUT2D eigenvalue weighted by atomic mass is 16.5. The van der Waals surface area contributed by atoms with E-state index in [1.807, 2.05) is 13.8 Å². The Morgan fingerprint density at radius 3 is 2.74 bits per heavy atom. The summed E-state index contributed by atoms with van der Waals surface area (Å²) in [5.74, 6) is -1.26. The van der Waals surface area contributed by atoms with Gasteiger partial charge in [0.15, 0.2) is 0 Å². The van der Waals surface area contributed by atoms with Crippen LogP contribution in [0.2, 0.25) is 0 Å². The van der Waals surface area contributed by atoms with Crippen LogP contribution in [0.25, 0.3) is 0 Å². The monoisotopic (exact) mass is 272 g/mol. The molecule has 0 spiro atoms. The molecule has 1 aliphatic heterocycles. The molecule has 0 radical (unpaired) electrons. The highest BCUT2D eigenvalue weighted by Crippen LogP contribution is 2.17. The molecule has 1 fully saturated rings. The average Bonchev–Trinajstić information content (AvgIpc) is 2.36. The molecule has 0 aromatic rings. The van der Waals surface area contributed by atoms with E-state index in [-0.39, 0.29) is 11.4 Å². The molecule has 1 atom stereocenters. The fourth-order valence-electron chi connectivity index (χ4n) is 2.23. The van der Waals surface area contributed by atoms with Crippen LogP contribution in [0, 0.1) is 11.3 Å². The number of carboxylic acid groups (broad SMARTS) is 1. The topological polar surface area (TPSA) is 78.9 Å². The van der Waals surface area contributed by atoms with E-state index in [0.717, 1.165) is 6.42 Å². The number of likely N-dealkylation sites (tertiary alicyclic amines) is 1. The lowest BCUT2D eigenvalue weighted by Gasteiger charge is -2.32. The second-order valence-corrected chi connectivity index (χ2v) is 5.88. The number of nitrogens with one attached hydrogen (secondary N) is 1. The van der Waals surface area contributed by atoms with Crippen molar-refractivity contribution in [3.8, 4) is 0 Å². The minimum absolute atomic E-state index is 0.133. The predicted molar refractivity (Wildman–Crippen MR) is 71.0 cm³/mol. The van der Waals surface area contributed by atoms with Gasteiger partial charge in [-0.2, -0.15) is 0 Å². The lowest BCUT2D eigenvalue weighted by atomic mass is 9.95. The van der Waals surface area contributed by atoms with Crippen molar-refractivity contribution in [2.24, 2.45) is 11.3 Å². The molecule has 1 heterocycles. The lowest BCUT2D eigenvalue weighted by Crippen LogP contribution is -2.49. The summed E-state index contributed by atoms with van der Waals surface area (Å²) in [6, 6.07) is -0.185. The van der Waals surface area contributed by atoms with Gasteiger partial charge in [-0.1, -0.05) is 13.8 Å². The Morgan fingerprint density at radius 1 is 1.47 bits per heavy atom. The molecule has 0 aromatic heterocycles. The van der Waals surface area contributed by atoms with Crippen molar-refractivity contribution < 1.29 is 19.4 Å². The predicted octanol–water partition coefficient (Wildman–Crippen LogP) is 1.17. The molecule has 2 N–H and O–H groups in total. The Hall–Kier alpha value is -1.30. The first-order valence-electron chi connectivity index (χ1n) is 6.60. The van der Waals surface area contributed by atoms with Gasteiger partial charge in [-0.3, -0.25) is 4.79 Å². The Kier molecular flexibility index (Phi) is 5.60. The van der Waals surface area contributed by atoms with Gasteiger partial charge in [-0.15, -0.1) is 0 Å². The molecule has 6 nitrogen and oxygen atoms in total. The number of amides is 2. The van der Waals surface area contributed by atoms with E-state index < -0.39 is 11.9 Å². The number of rotatable bonds is 5. The Morgan fingerprint density at radius 2 is 2.16 bits per heavy atom. The van der Waals surface area contributed by atoms with Crippen LogP contribution in [0.4, 0.5) is 4.79 Å². The van der Waals surface area contributed by atoms with Gasteiger partial charge < -0.3 is 20.1 Å². The molecule has 0 aromatic carbocycles. The van der Waals surface area contributed by atoms with Gasteiger partial charge in [0, 0.05) is 32.2 Å². The smallest absolute Gasteiger partial charge is 0.317 e. The summed E-state index contributed by atoms with van der Waals surface area (Å²) >= 11 is 0. The maximum atomic E-state index is 12.0. The van der Waals surface area contributed by atoms with E-state index in [1.54, 1.807) is 12.0 Å². The summed E-state index contributed by atoms with van der Waals surface area (Å²) in [5.41, 5.74) is -0.133. The van der Waals surface area contributed by atoms with Gasteiger partial charge >= 0.3 is 12.0 Å². The van der Waals surface area contributed by atoms with Gasteiger partial charge in [-0.05, 0) is 12.8 Å². The molecule has 2 amide bonds. The molecule has 0 bridgehead atoms. The summed E-state index contributed by atoms with van der Waals surface area (Å²) < 4.78 is 5.09. The number of hydrogen-bond acceptors (Lipinski definition) is 3. The van der Waals surface area contributed by atoms with E-state index in [0.29, 0.717) is 32.7 Å². The lowest BCUT2D eigenvalue weighted by molar-refractivity contribution is -0.143. The Labute approximate surface area is 114 Å². The summed E-state index contributed by atoms with van der Waals surface area (Å²) in [7, 11) is 1.63. The molecule has 1 aliphatic rings. The fraction of sp³-hybridized carbons (Fsp3) is 0.846. The van der Waals surface area contributed by atoms with E-state index in [9.17, 15) is 9.59 Å². The molecule has 0 aliphatic carbocycles. The van der Waals surface area contributed by atoms with Crippen LogP contribution >= 0.6 is 0 Å². The Bertz CT molecular complexity index is 331. The van der Waals surface area contributed by atoms with Gasteiger partial charge in [0.2, 0.25) is 0 Å². The van der Waals surface area contributed by atoms with E-state index in [2.05, 4.69) is 5.32 Å². The first kappa shape index (κ1) is 15.8. The Balaban J connectivity index is 2.43. The number of urea groups is 1. The van der Waals surface area contributed by atoms with Gasteiger partial charge in [-0.25, -0.2) is 4.79 Å². The summed E-state index contributed by atoms with van der Waals surface area (Å²) in [6.07, 6.45) is 1.39.